The Bertz CT molecular complexity index is 545. The molecular formula is C14H13BrFNO. The van der Waals surface area contributed by atoms with Gasteiger partial charge in [-0.15, -0.1) is 0 Å². The summed E-state index contributed by atoms with van der Waals surface area (Å²) in [5, 5.41) is 0. The zero-order valence-electron chi connectivity index (χ0n) is 9.70. The Labute approximate surface area is 114 Å². The second kappa shape index (κ2) is 5.98. The lowest BCUT2D eigenvalue weighted by Gasteiger charge is -2.11. The molecule has 0 atom stereocenters. The minimum Gasteiger partial charge on any atom is -0.488 e. The molecule has 0 saturated heterocycles. The summed E-state index contributed by atoms with van der Waals surface area (Å²) in [6.07, 6.45) is 0. The number of benzene rings is 2. The highest BCUT2D eigenvalue weighted by Crippen LogP contribution is 2.26. The van der Waals surface area contributed by atoms with E-state index in [0.29, 0.717) is 23.4 Å². The lowest BCUT2D eigenvalue weighted by atomic mass is 10.1. The molecule has 2 aromatic carbocycles. The van der Waals surface area contributed by atoms with E-state index in [4.69, 9.17) is 10.5 Å². The van der Waals surface area contributed by atoms with Gasteiger partial charge in [-0.05, 0) is 45.3 Å². The van der Waals surface area contributed by atoms with Gasteiger partial charge in [-0.25, -0.2) is 4.39 Å². The summed E-state index contributed by atoms with van der Waals surface area (Å²) in [4.78, 5) is 0. The van der Waals surface area contributed by atoms with E-state index >= 15 is 0 Å². The van der Waals surface area contributed by atoms with Crippen LogP contribution in [0.4, 0.5) is 4.39 Å². The zero-order chi connectivity index (χ0) is 13.0. The Balaban J connectivity index is 2.11. The average molecular weight is 310 g/mol. The highest BCUT2D eigenvalue weighted by Gasteiger charge is 2.05. The number of hydrogen-bond acceptors (Lipinski definition) is 2. The van der Waals surface area contributed by atoms with Crippen LogP contribution in [0.15, 0.2) is 46.9 Å². The van der Waals surface area contributed by atoms with Crippen LogP contribution in [0.25, 0.3) is 0 Å². The molecule has 0 saturated carbocycles. The third-order valence-corrected chi connectivity index (χ3v) is 3.24. The molecule has 0 aliphatic carbocycles. The summed E-state index contributed by atoms with van der Waals surface area (Å²) in [6.45, 7) is 0.891. The molecule has 0 aliphatic rings. The molecule has 0 amide bonds. The first-order chi connectivity index (χ1) is 8.70. The second-order valence-corrected chi connectivity index (χ2v) is 4.69. The normalized spacial score (nSPS) is 10.4. The van der Waals surface area contributed by atoms with Gasteiger partial charge in [-0.2, -0.15) is 0 Å². The second-order valence-electron chi connectivity index (χ2n) is 3.84. The zero-order valence-corrected chi connectivity index (χ0v) is 11.3. The number of nitrogens with two attached hydrogens (primary N) is 1. The van der Waals surface area contributed by atoms with Crippen LogP contribution in [0.3, 0.4) is 0 Å². The van der Waals surface area contributed by atoms with Gasteiger partial charge in [0.15, 0.2) is 0 Å². The van der Waals surface area contributed by atoms with E-state index in [9.17, 15) is 4.39 Å². The van der Waals surface area contributed by atoms with E-state index in [1.165, 1.54) is 12.1 Å². The fraction of sp³-hybridized carbons (Fsp3) is 0.143. The summed E-state index contributed by atoms with van der Waals surface area (Å²) >= 11 is 3.27. The average Bonchev–Trinajstić information content (AvgIpc) is 2.38. The Morgan fingerprint density at radius 1 is 1.11 bits per heavy atom. The van der Waals surface area contributed by atoms with Crippen molar-refractivity contribution in [2.75, 3.05) is 0 Å². The third-order valence-electron chi connectivity index (χ3n) is 2.62. The molecule has 0 aliphatic heterocycles. The topological polar surface area (TPSA) is 35.2 Å². The first-order valence-electron chi connectivity index (χ1n) is 5.55. The molecule has 94 valence electrons. The Hall–Kier alpha value is -1.39. The molecule has 0 aromatic heterocycles. The molecule has 2 rings (SSSR count). The van der Waals surface area contributed by atoms with Gasteiger partial charge in [0, 0.05) is 6.54 Å². The van der Waals surface area contributed by atoms with Gasteiger partial charge in [0.1, 0.15) is 18.2 Å². The van der Waals surface area contributed by atoms with Crippen molar-refractivity contribution in [3.63, 3.8) is 0 Å². The molecule has 0 heterocycles. The van der Waals surface area contributed by atoms with Crippen LogP contribution >= 0.6 is 15.9 Å². The molecule has 2 N–H and O–H groups in total. The smallest absolute Gasteiger partial charge is 0.134 e. The summed E-state index contributed by atoms with van der Waals surface area (Å²) in [6, 6.07) is 12.2. The van der Waals surface area contributed by atoms with Gasteiger partial charge < -0.3 is 10.5 Å². The third kappa shape index (κ3) is 3.09. The molecule has 18 heavy (non-hydrogen) atoms. The van der Waals surface area contributed by atoms with E-state index in [0.717, 1.165) is 11.1 Å². The van der Waals surface area contributed by atoms with Crippen molar-refractivity contribution < 1.29 is 9.13 Å². The van der Waals surface area contributed by atoms with Crippen LogP contribution in [0.5, 0.6) is 5.75 Å². The quantitative estimate of drug-likeness (QED) is 0.936. The lowest BCUT2D eigenvalue weighted by molar-refractivity contribution is 0.302. The minimum absolute atomic E-state index is 0.295. The van der Waals surface area contributed by atoms with E-state index in [-0.39, 0.29) is 5.82 Å². The molecular weight excluding hydrogens is 297 g/mol. The lowest BCUT2D eigenvalue weighted by Crippen LogP contribution is -2.04. The molecule has 0 bridgehead atoms. The number of rotatable bonds is 4. The van der Waals surface area contributed by atoms with E-state index in [1.807, 2.05) is 24.3 Å². The monoisotopic (exact) mass is 309 g/mol. The van der Waals surface area contributed by atoms with Gasteiger partial charge in [0.05, 0.1) is 4.47 Å². The summed E-state index contributed by atoms with van der Waals surface area (Å²) in [5.74, 6) is 0.319. The maximum absolute atomic E-state index is 12.9. The number of ether oxygens (including phenoxy) is 1. The molecule has 2 nitrogen and oxygen atoms in total. The standard InChI is InChI=1S/C14H13BrFNO/c15-13-7-12(16)5-6-14(13)18-9-11-4-2-1-3-10(11)8-17/h1-7H,8-9,17H2. The Morgan fingerprint density at radius 2 is 1.83 bits per heavy atom. The summed E-state index contributed by atoms with van der Waals surface area (Å²) in [7, 11) is 0. The molecule has 2 aromatic rings. The van der Waals surface area contributed by atoms with Crippen LogP contribution in [0.2, 0.25) is 0 Å². The van der Waals surface area contributed by atoms with Crippen molar-refractivity contribution >= 4 is 15.9 Å². The summed E-state index contributed by atoms with van der Waals surface area (Å²) < 4.78 is 19.2. The van der Waals surface area contributed by atoms with Crippen molar-refractivity contribution in [2.45, 2.75) is 13.2 Å². The van der Waals surface area contributed by atoms with E-state index in [2.05, 4.69) is 15.9 Å². The van der Waals surface area contributed by atoms with Crippen LogP contribution in [0.1, 0.15) is 11.1 Å². The minimum atomic E-state index is -0.295. The molecule has 0 spiro atoms. The van der Waals surface area contributed by atoms with Gasteiger partial charge in [0.2, 0.25) is 0 Å². The largest absolute Gasteiger partial charge is 0.488 e. The van der Waals surface area contributed by atoms with Crippen LogP contribution in [-0.4, -0.2) is 0 Å². The number of hydrogen-bond donors (Lipinski definition) is 1. The highest BCUT2D eigenvalue weighted by molar-refractivity contribution is 9.10. The maximum Gasteiger partial charge on any atom is 0.134 e. The Kier molecular flexibility index (Phi) is 4.33. The van der Waals surface area contributed by atoms with Crippen LogP contribution in [-0.2, 0) is 13.2 Å². The maximum atomic E-state index is 12.9. The molecule has 4 heteroatoms. The first kappa shape index (κ1) is 13.1. The van der Waals surface area contributed by atoms with Crippen molar-refractivity contribution in [3.05, 3.63) is 63.9 Å². The fourth-order valence-electron chi connectivity index (χ4n) is 1.65. The predicted octanol–water partition coefficient (Wildman–Crippen LogP) is 3.63. The summed E-state index contributed by atoms with van der Waals surface area (Å²) in [5.41, 5.74) is 7.74. The SMILES string of the molecule is NCc1ccccc1COc1ccc(F)cc1Br. The number of halogens is 2. The molecule has 0 fully saturated rings. The van der Waals surface area contributed by atoms with Crippen LogP contribution in [0, 0.1) is 5.82 Å². The van der Waals surface area contributed by atoms with Crippen molar-refractivity contribution in [2.24, 2.45) is 5.73 Å². The Morgan fingerprint density at radius 3 is 2.50 bits per heavy atom. The van der Waals surface area contributed by atoms with E-state index < -0.39 is 0 Å². The van der Waals surface area contributed by atoms with Gasteiger partial charge in [0.25, 0.3) is 0 Å². The molecule has 0 radical (unpaired) electrons. The van der Waals surface area contributed by atoms with Crippen LogP contribution < -0.4 is 10.5 Å². The first-order valence-corrected chi connectivity index (χ1v) is 6.34. The highest BCUT2D eigenvalue weighted by atomic mass is 79.9. The van der Waals surface area contributed by atoms with E-state index in [1.54, 1.807) is 6.07 Å². The molecule has 0 unspecified atom stereocenters. The van der Waals surface area contributed by atoms with Gasteiger partial charge >= 0.3 is 0 Å². The fourth-order valence-corrected chi connectivity index (χ4v) is 2.11. The van der Waals surface area contributed by atoms with Crippen molar-refractivity contribution in [3.8, 4) is 5.75 Å². The van der Waals surface area contributed by atoms with Gasteiger partial charge in [-0.3, -0.25) is 0 Å². The predicted molar refractivity (Wildman–Crippen MR) is 72.8 cm³/mol. The van der Waals surface area contributed by atoms with Crippen molar-refractivity contribution in [1.82, 2.24) is 0 Å². The van der Waals surface area contributed by atoms with Crippen molar-refractivity contribution in [1.29, 1.82) is 0 Å². The van der Waals surface area contributed by atoms with Gasteiger partial charge in [-0.1, -0.05) is 24.3 Å².